The number of aromatic nitrogens is 4. The van der Waals surface area contributed by atoms with E-state index in [4.69, 9.17) is 0 Å². The van der Waals surface area contributed by atoms with Gasteiger partial charge in [0.25, 0.3) is 0 Å². The molecule has 0 aliphatic heterocycles. The van der Waals surface area contributed by atoms with Crippen molar-refractivity contribution >= 4 is 0 Å². The molecule has 0 saturated heterocycles. The molecule has 5 nitrogen and oxygen atoms in total. The topological polar surface area (TPSA) is 67.4 Å². The molecule has 0 spiro atoms. The van der Waals surface area contributed by atoms with E-state index >= 15 is 0 Å². The molecule has 0 unspecified atom stereocenters. The Labute approximate surface area is 141 Å². The van der Waals surface area contributed by atoms with Gasteiger partial charge in [-0.25, -0.2) is 4.68 Å². The van der Waals surface area contributed by atoms with Gasteiger partial charge in [-0.1, -0.05) is 38.1 Å². The highest BCUT2D eigenvalue weighted by Gasteiger charge is 2.26. The lowest BCUT2D eigenvalue weighted by atomic mass is 9.90. The summed E-state index contributed by atoms with van der Waals surface area (Å²) in [5.41, 5.74) is 4.33. The van der Waals surface area contributed by atoms with E-state index in [-0.39, 0.29) is 5.41 Å². The molecule has 5 heteroatoms. The Balaban J connectivity index is 1.92. The van der Waals surface area contributed by atoms with Crippen LogP contribution in [0.5, 0.6) is 0 Å². The number of rotatable bonds is 3. The van der Waals surface area contributed by atoms with Crippen LogP contribution in [-0.2, 0) is 11.8 Å². The Morgan fingerprint density at radius 2 is 1.62 bits per heavy atom. The highest BCUT2D eigenvalue weighted by atomic mass is 15.4. The first-order chi connectivity index (χ1) is 11.5. The molecular formula is C19H19N5. The van der Waals surface area contributed by atoms with E-state index in [9.17, 15) is 5.26 Å². The summed E-state index contributed by atoms with van der Waals surface area (Å²) in [6, 6.07) is 14.4. The van der Waals surface area contributed by atoms with Crippen LogP contribution in [0, 0.1) is 11.3 Å². The van der Waals surface area contributed by atoms with Crippen molar-refractivity contribution in [3.05, 3.63) is 71.3 Å². The molecule has 0 aliphatic carbocycles. The first-order valence-corrected chi connectivity index (χ1v) is 7.83. The fraction of sp³-hybridized carbons (Fsp3) is 0.263. The van der Waals surface area contributed by atoms with E-state index < -0.39 is 0 Å². The van der Waals surface area contributed by atoms with Crippen LogP contribution < -0.4 is 0 Å². The predicted octanol–water partition coefficient (Wildman–Crippen LogP) is 3.42. The molecule has 0 bridgehead atoms. The lowest BCUT2D eigenvalue weighted by Crippen LogP contribution is -2.19. The van der Waals surface area contributed by atoms with Crippen LogP contribution in [-0.4, -0.2) is 20.0 Å². The van der Waals surface area contributed by atoms with Gasteiger partial charge in [-0.05, 0) is 41.8 Å². The maximum Gasteiger partial charge on any atom is 0.186 e. The molecule has 0 fully saturated rings. The van der Waals surface area contributed by atoms with Crippen molar-refractivity contribution in [1.29, 1.82) is 5.26 Å². The second kappa shape index (κ2) is 6.25. The first kappa shape index (κ1) is 15.9. The third-order valence-corrected chi connectivity index (χ3v) is 3.83. The predicted molar refractivity (Wildman–Crippen MR) is 91.8 cm³/mol. The van der Waals surface area contributed by atoms with Crippen molar-refractivity contribution in [3.63, 3.8) is 0 Å². The summed E-state index contributed by atoms with van der Waals surface area (Å²) in [4.78, 5) is 4.04. The molecule has 0 atom stereocenters. The van der Waals surface area contributed by atoms with E-state index in [0.29, 0.717) is 5.69 Å². The van der Waals surface area contributed by atoms with Crippen molar-refractivity contribution in [1.82, 2.24) is 20.0 Å². The highest BCUT2D eigenvalue weighted by Crippen LogP contribution is 2.26. The zero-order chi connectivity index (χ0) is 17.2. The van der Waals surface area contributed by atoms with Gasteiger partial charge in [0.15, 0.2) is 5.69 Å². The molecule has 2 aromatic heterocycles. The van der Waals surface area contributed by atoms with Gasteiger partial charge in [0.1, 0.15) is 6.07 Å². The van der Waals surface area contributed by atoms with Gasteiger partial charge in [0.05, 0.1) is 11.4 Å². The average Bonchev–Trinajstić information content (AvgIpc) is 3.01. The van der Waals surface area contributed by atoms with Crippen LogP contribution in [0.15, 0.2) is 48.8 Å². The summed E-state index contributed by atoms with van der Waals surface area (Å²) in [5.74, 6) is 0. The summed E-state index contributed by atoms with van der Waals surface area (Å²) in [6.07, 6.45) is 4.46. The fourth-order valence-electron chi connectivity index (χ4n) is 2.70. The Hall–Kier alpha value is -3.00. The zero-order valence-corrected chi connectivity index (χ0v) is 14.1. The molecule has 0 aliphatic rings. The van der Waals surface area contributed by atoms with Crippen LogP contribution >= 0.6 is 0 Å². The minimum Gasteiger partial charge on any atom is -0.265 e. The molecule has 24 heavy (non-hydrogen) atoms. The molecule has 0 saturated carbocycles. The van der Waals surface area contributed by atoms with Crippen molar-refractivity contribution < 1.29 is 0 Å². The molecule has 0 amide bonds. The van der Waals surface area contributed by atoms with Gasteiger partial charge in [0.2, 0.25) is 0 Å². The average molecular weight is 317 g/mol. The van der Waals surface area contributed by atoms with E-state index in [1.807, 2.05) is 24.3 Å². The number of nitrogens with zero attached hydrogens (tertiary/aromatic N) is 5. The van der Waals surface area contributed by atoms with Gasteiger partial charge in [-0.2, -0.15) is 5.26 Å². The van der Waals surface area contributed by atoms with E-state index in [1.165, 1.54) is 11.1 Å². The number of hydrogen-bond acceptors (Lipinski definition) is 4. The number of pyridine rings is 1. The summed E-state index contributed by atoms with van der Waals surface area (Å²) in [6.45, 7) is 6.17. The molecule has 3 rings (SSSR count). The summed E-state index contributed by atoms with van der Waals surface area (Å²) in [5, 5.41) is 17.5. The summed E-state index contributed by atoms with van der Waals surface area (Å²) < 4.78 is 1.76. The molecule has 2 heterocycles. The number of hydrogen-bond donors (Lipinski definition) is 0. The van der Waals surface area contributed by atoms with Crippen molar-refractivity contribution in [2.24, 2.45) is 0 Å². The van der Waals surface area contributed by atoms with E-state index in [2.05, 4.69) is 54.3 Å². The summed E-state index contributed by atoms with van der Waals surface area (Å²) in [7, 11) is 0. The summed E-state index contributed by atoms with van der Waals surface area (Å²) >= 11 is 0. The number of benzene rings is 1. The Bertz CT molecular complexity index is 865. The lowest BCUT2D eigenvalue weighted by molar-refractivity contribution is 0.541. The van der Waals surface area contributed by atoms with Gasteiger partial charge in [0, 0.05) is 17.8 Å². The second-order valence-electron chi connectivity index (χ2n) is 6.76. The van der Waals surface area contributed by atoms with Gasteiger partial charge < -0.3 is 0 Å². The van der Waals surface area contributed by atoms with Crippen LogP contribution in [0.2, 0.25) is 0 Å². The van der Waals surface area contributed by atoms with Gasteiger partial charge in [-0.15, -0.1) is 5.10 Å². The zero-order valence-electron chi connectivity index (χ0n) is 14.1. The molecule has 120 valence electrons. The maximum atomic E-state index is 9.28. The minimum atomic E-state index is -0.218. The quantitative estimate of drug-likeness (QED) is 0.742. The molecular weight excluding hydrogens is 298 g/mol. The Morgan fingerprint density at radius 1 is 1.00 bits per heavy atom. The monoisotopic (exact) mass is 317 g/mol. The van der Waals surface area contributed by atoms with E-state index in [1.54, 1.807) is 17.1 Å². The smallest absolute Gasteiger partial charge is 0.186 e. The minimum absolute atomic E-state index is 0.218. The molecule has 1 aromatic carbocycles. The first-order valence-electron chi connectivity index (χ1n) is 7.83. The normalized spacial score (nSPS) is 11.2. The van der Waals surface area contributed by atoms with Gasteiger partial charge >= 0.3 is 0 Å². The molecule has 3 aromatic rings. The van der Waals surface area contributed by atoms with Crippen LogP contribution in [0.25, 0.3) is 5.69 Å². The van der Waals surface area contributed by atoms with Gasteiger partial charge in [-0.3, -0.25) is 4.98 Å². The second-order valence-corrected chi connectivity index (χ2v) is 6.76. The maximum absolute atomic E-state index is 9.28. The van der Waals surface area contributed by atoms with Crippen molar-refractivity contribution in [3.8, 4) is 11.8 Å². The van der Waals surface area contributed by atoms with Crippen molar-refractivity contribution in [2.75, 3.05) is 0 Å². The van der Waals surface area contributed by atoms with Crippen molar-refractivity contribution in [2.45, 2.75) is 32.6 Å². The lowest BCUT2D eigenvalue weighted by Gasteiger charge is -2.19. The fourth-order valence-corrected chi connectivity index (χ4v) is 2.70. The Morgan fingerprint density at radius 3 is 2.21 bits per heavy atom. The molecule has 0 radical (unpaired) electrons. The third kappa shape index (κ3) is 3.18. The van der Waals surface area contributed by atoms with E-state index in [0.717, 1.165) is 17.8 Å². The Kier molecular flexibility index (Phi) is 4.13. The van der Waals surface area contributed by atoms with Crippen LogP contribution in [0.4, 0.5) is 0 Å². The highest BCUT2D eigenvalue weighted by molar-refractivity contribution is 5.41. The largest absolute Gasteiger partial charge is 0.265 e. The number of nitriles is 1. The molecule has 0 N–H and O–H groups in total. The standard InChI is InChI=1S/C19H19N5/c1-19(2,3)18-17(13-20)22-23-24(18)16-6-4-14(5-7-16)12-15-8-10-21-11-9-15/h4-11H,12H2,1-3H3. The van der Waals surface area contributed by atoms with Crippen LogP contribution in [0.3, 0.4) is 0 Å². The van der Waals surface area contributed by atoms with Crippen LogP contribution in [0.1, 0.15) is 43.3 Å². The third-order valence-electron chi connectivity index (χ3n) is 3.83. The SMILES string of the molecule is CC(C)(C)c1c(C#N)nnn1-c1ccc(Cc2ccncc2)cc1.